The number of carbonyl (C=O) groups is 1. The highest BCUT2D eigenvalue weighted by Gasteiger charge is 2.19. The number of hydrogen-bond donors (Lipinski definition) is 1. The lowest BCUT2D eigenvalue weighted by Crippen LogP contribution is -2.24. The van der Waals surface area contributed by atoms with Gasteiger partial charge in [-0.1, -0.05) is 6.07 Å². The van der Waals surface area contributed by atoms with Crippen molar-refractivity contribution in [3.05, 3.63) is 32.9 Å². The van der Waals surface area contributed by atoms with Gasteiger partial charge in [-0.2, -0.15) is 0 Å². The number of esters is 1. The fourth-order valence-electron chi connectivity index (χ4n) is 1.19. The topological polar surface area (TPSA) is 52.3 Å². The fraction of sp³-hybridized carbons (Fsp3) is 0.417. The second kappa shape index (κ2) is 5.14. The van der Waals surface area contributed by atoms with Crippen LogP contribution < -0.4 is 5.73 Å². The van der Waals surface area contributed by atoms with E-state index in [9.17, 15) is 4.79 Å². The molecule has 3 nitrogen and oxygen atoms in total. The standard InChI is InChI=1S/C12H16INO2/c1-12(2,3)16-11(15)9-6-8(7-14)4-5-10(9)13/h4-6H,7,14H2,1-3H3. The predicted octanol–water partition coefficient (Wildman–Crippen LogP) is 2.71. The molecule has 16 heavy (non-hydrogen) atoms. The van der Waals surface area contributed by atoms with E-state index < -0.39 is 5.60 Å². The molecule has 1 aromatic carbocycles. The van der Waals surface area contributed by atoms with Crippen LogP contribution in [0.5, 0.6) is 0 Å². The zero-order valence-electron chi connectivity index (χ0n) is 9.71. The van der Waals surface area contributed by atoms with Crippen molar-refractivity contribution >= 4 is 28.6 Å². The Morgan fingerprint density at radius 2 is 2.06 bits per heavy atom. The summed E-state index contributed by atoms with van der Waals surface area (Å²) in [5, 5.41) is 0. The molecule has 2 N–H and O–H groups in total. The van der Waals surface area contributed by atoms with Crippen LogP contribution in [0.3, 0.4) is 0 Å². The molecule has 0 atom stereocenters. The molecule has 0 heterocycles. The van der Waals surface area contributed by atoms with E-state index in [4.69, 9.17) is 10.5 Å². The highest BCUT2D eigenvalue weighted by atomic mass is 127. The molecule has 0 spiro atoms. The van der Waals surface area contributed by atoms with E-state index in [-0.39, 0.29) is 5.97 Å². The van der Waals surface area contributed by atoms with Crippen LogP contribution in [0, 0.1) is 3.57 Å². The number of carbonyl (C=O) groups excluding carboxylic acids is 1. The third-order valence-electron chi connectivity index (χ3n) is 1.89. The lowest BCUT2D eigenvalue weighted by molar-refractivity contribution is 0.00682. The zero-order valence-corrected chi connectivity index (χ0v) is 11.9. The molecule has 0 radical (unpaired) electrons. The van der Waals surface area contributed by atoms with Crippen LogP contribution in [0.4, 0.5) is 0 Å². The minimum atomic E-state index is -0.473. The van der Waals surface area contributed by atoms with Gasteiger partial charge in [-0.3, -0.25) is 0 Å². The van der Waals surface area contributed by atoms with Crippen LogP contribution >= 0.6 is 22.6 Å². The molecule has 0 unspecified atom stereocenters. The van der Waals surface area contributed by atoms with Crippen LogP contribution in [0.2, 0.25) is 0 Å². The molecule has 0 amide bonds. The van der Waals surface area contributed by atoms with Crippen molar-refractivity contribution in [3.63, 3.8) is 0 Å². The second-order valence-electron chi connectivity index (χ2n) is 4.52. The molecule has 1 rings (SSSR count). The number of hydrogen-bond acceptors (Lipinski definition) is 3. The smallest absolute Gasteiger partial charge is 0.339 e. The summed E-state index contributed by atoms with van der Waals surface area (Å²) >= 11 is 2.12. The molecule has 4 heteroatoms. The predicted molar refractivity (Wildman–Crippen MR) is 72.2 cm³/mol. The quantitative estimate of drug-likeness (QED) is 0.669. The molecular formula is C12H16INO2. The number of rotatable bonds is 2. The maximum atomic E-state index is 11.9. The van der Waals surface area contributed by atoms with Crippen LogP contribution in [-0.4, -0.2) is 11.6 Å². The van der Waals surface area contributed by atoms with E-state index >= 15 is 0 Å². The van der Waals surface area contributed by atoms with E-state index in [2.05, 4.69) is 22.6 Å². The van der Waals surface area contributed by atoms with Gasteiger partial charge in [0.2, 0.25) is 0 Å². The Balaban J connectivity index is 2.98. The lowest BCUT2D eigenvalue weighted by Gasteiger charge is -2.20. The summed E-state index contributed by atoms with van der Waals surface area (Å²) in [4.78, 5) is 11.9. The summed E-state index contributed by atoms with van der Waals surface area (Å²) in [6, 6.07) is 5.58. The van der Waals surface area contributed by atoms with Gasteiger partial charge in [0.1, 0.15) is 5.60 Å². The van der Waals surface area contributed by atoms with Crippen LogP contribution in [0.1, 0.15) is 36.7 Å². The highest BCUT2D eigenvalue weighted by molar-refractivity contribution is 14.1. The maximum absolute atomic E-state index is 11.9. The Bertz CT molecular complexity index is 396. The monoisotopic (exact) mass is 333 g/mol. The normalized spacial score (nSPS) is 11.3. The van der Waals surface area contributed by atoms with E-state index in [1.807, 2.05) is 32.9 Å². The fourth-order valence-corrected chi connectivity index (χ4v) is 1.74. The SMILES string of the molecule is CC(C)(C)OC(=O)c1cc(CN)ccc1I. The molecule has 0 bridgehead atoms. The third-order valence-corrected chi connectivity index (χ3v) is 2.83. The van der Waals surface area contributed by atoms with Gasteiger partial charge < -0.3 is 10.5 Å². The average molecular weight is 333 g/mol. The number of benzene rings is 1. The van der Waals surface area contributed by atoms with Gasteiger partial charge in [-0.05, 0) is 61.1 Å². The van der Waals surface area contributed by atoms with Crippen molar-refractivity contribution in [1.29, 1.82) is 0 Å². The van der Waals surface area contributed by atoms with Gasteiger partial charge in [-0.15, -0.1) is 0 Å². The third kappa shape index (κ3) is 3.75. The Kier molecular flexibility index (Phi) is 4.32. The first-order chi connectivity index (χ1) is 7.33. The average Bonchev–Trinajstić information content (AvgIpc) is 2.15. The van der Waals surface area contributed by atoms with E-state index in [0.29, 0.717) is 12.1 Å². The van der Waals surface area contributed by atoms with Gasteiger partial charge in [0.25, 0.3) is 0 Å². The van der Waals surface area contributed by atoms with Crippen molar-refractivity contribution in [3.8, 4) is 0 Å². The Labute approximate surface area is 109 Å². The minimum Gasteiger partial charge on any atom is -0.456 e. The summed E-state index contributed by atoms with van der Waals surface area (Å²) in [5.74, 6) is -0.299. The van der Waals surface area contributed by atoms with Gasteiger partial charge in [-0.25, -0.2) is 4.79 Å². The van der Waals surface area contributed by atoms with Crippen molar-refractivity contribution in [2.45, 2.75) is 32.9 Å². The first-order valence-corrected chi connectivity index (χ1v) is 6.13. The van der Waals surface area contributed by atoms with E-state index in [1.165, 1.54) is 0 Å². The number of nitrogens with two attached hydrogens (primary N) is 1. The molecule has 0 aliphatic heterocycles. The van der Waals surface area contributed by atoms with Crippen LogP contribution in [-0.2, 0) is 11.3 Å². The van der Waals surface area contributed by atoms with Crippen LogP contribution in [0.25, 0.3) is 0 Å². The first kappa shape index (κ1) is 13.4. The summed E-state index contributed by atoms with van der Waals surface area (Å²) < 4.78 is 6.20. The summed E-state index contributed by atoms with van der Waals surface area (Å²) in [6.07, 6.45) is 0. The van der Waals surface area contributed by atoms with Crippen molar-refractivity contribution < 1.29 is 9.53 Å². The largest absolute Gasteiger partial charge is 0.456 e. The zero-order chi connectivity index (χ0) is 12.3. The molecule has 0 fully saturated rings. The van der Waals surface area contributed by atoms with Crippen molar-refractivity contribution in [2.24, 2.45) is 5.73 Å². The second-order valence-corrected chi connectivity index (χ2v) is 5.68. The Morgan fingerprint density at radius 1 is 1.44 bits per heavy atom. The molecule has 1 aromatic rings. The van der Waals surface area contributed by atoms with Crippen molar-refractivity contribution in [2.75, 3.05) is 0 Å². The minimum absolute atomic E-state index is 0.299. The molecular weight excluding hydrogens is 317 g/mol. The molecule has 0 aliphatic carbocycles. The lowest BCUT2D eigenvalue weighted by atomic mass is 10.1. The highest BCUT2D eigenvalue weighted by Crippen LogP contribution is 2.18. The van der Waals surface area contributed by atoms with Crippen LogP contribution in [0.15, 0.2) is 18.2 Å². The number of ether oxygens (including phenoxy) is 1. The molecule has 0 aromatic heterocycles. The first-order valence-electron chi connectivity index (χ1n) is 5.05. The van der Waals surface area contributed by atoms with E-state index in [1.54, 1.807) is 6.07 Å². The Morgan fingerprint density at radius 3 is 2.56 bits per heavy atom. The summed E-state index contributed by atoms with van der Waals surface area (Å²) in [5.41, 5.74) is 6.58. The molecule has 0 saturated heterocycles. The van der Waals surface area contributed by atoms with Gasteiger partial charge >= 0.3 is 5.97 Å². The molecule has 0 aliphatic rings. The molecule has 88 valence electrons. The van der Waals surface area contributed by atoms with Gasteiger partial charge in [0.05, 0.1) is 5.56 Å². The molecule has 0 saturated carbocycles. The van der Waals surface area contributed by atoms with Crippen molar-refractivity contribution in [1.82, 2.24) is 0 Å². The van der Waals surface area contributed by atoms with Gasteiger partial charge in [0, 0.05) is 10.1 Å². The van der Waals surface area contributed by atoms with Gasteiger partial charge in [0.15, 0.2) is 0 Å². The Hall–Kier alpha value is -0.620. The number of halogens is 1. The maximum Gasteiger partial charge on any atom is 0.339 e. The van der Waals surface area contributed by atoms with E-state index in [0.717, 1.165) is 9.13 Å². The summed E-state index contributed by atoms with van der Waals surface area (Å²) in [7, 11) is 0. The summed E-state index contributed by atoms with van der Waals surface area (Å²) in [6.45, 7) is 5.98.